The van der Waals surface area contributed by atoms with Crippen LogP contribution in [0.3, 0.4) is 0 Å². The maximum Gasteiger partial charge on any atom is 0.138 e. The van der Waals surface area contributed by atoms with E-state index in [0.717, 1.165) is 25.0 Å². The van der Waals surface area contributed by atoms with Crippen LogP contribution < -0.4 is 4.74 Å². The van der Waals surface area contributed by atoms with Gasteiger partial charge in [0.25, 0.3) is 0 Å². The zero-order valence-electron chi connectivity index (χ0n) is 11.4. The number of unbranched alkanes of at least 4 members (excludes halogenated alkanes) is 1. The number of pyridine rings is 1. The Hall–Kier alpha value is -1.57. The van der Waals surface area contributed by atoms with Crippen LogP contribution in [0.15, 0.2) is 18.5 Å². The molecule has 0 aromatic carbocycles. The topological polar surface area (TPSA) is 51.6 Å². The third-order valence-corrected chi connectivity index (χ3v) is 2.32. The van der Waals surface area contributed by atoms with Crippen molar-refractivity contribution in [2.45, 2.75) is 26.2 Å². The molecule has 4 heteroatoms. The third-order valence-electron chi connectivity index (χ3n) is 2.32. The van der Waals surface area contributed by atoms with Crippen molar-refractivity contribution < 1.29 is 14.6 Å². The highest BCUT2D eigenvalue weighted by Gasteiger charge is 1.96. The minimum atomic E-state index is 0.0751. The first kappa shape index (κ1) is 15.5. The van der Waals surface area contributed by atoms with Crippen LogP contribution in [0.25, 0.3) is 0 Å². The van der Waals surface area contributed by atoms with Crippen molar-refractivity contribution in [1.82, 2.24) is 4.98 Å². The fourth-order valence-corrected chi connectivity index (χ4v) is 1.35. The normalized spacial score (nSPS) is 9.79. The Labute approximate surface area is 114 Å². The van der Waals surface area contributed by atoms with Crippen LogP contribution in [0.4, 0.5) is 0 Å². The number of aliphatic hydroxyl groups is 1. The number of nitrogens with zero attached hydrogens (tertiary/aromatic N) is 1. The first-order chi connectivity index (χ1) is 9.36. The molecule has 0 fully saturated rings. The van der Waals surface area contributed by atoms with Gasteiger partial charge in [0.1, 0.15) is 12.4 Å². The average Bonchev–Trinajstić information content (AvgIpc) is 2.43. The predicted octanol–water partition coefficient (Wildman–Crippen LogP) is 2.01. The largest absolute Gasteiger partial charge is 0.490 e. The number of hydrogen-bond donors (Lipinski definition) is 1. The minimum Gasteiger partial charge on any atom is -0.490 e. The van der Waals surface area contributed by atoms with Crippen LogP contribution in [0, 0.1) is 11.8 Å². The molecule has 4 nitrogen and oxygen atoms in total. The van der Waals surface area contributed by atoms with Crippen LogP contribution in [-0.4, -0.2) is 36.5 Å². The van der Waals surface area contributed by atoms with Gasteiger partial charge in [-0.05, 0) is 12.5 Å². The van der Waals surface area contributed by atoms with Gasteiger partial charge in [-0.3, -0.25) is 4.98 Å². The Morgan fingerprint density at radius 3 is 2.95 bits per heavy atom. The van der Waals surface area contributed by atoms with E-state index >= 15 is 0 Å². The van der Waals surface area contributed by atoms with Crippen molar-refractivity contribution in [2.75, 3.05) is 26.4 Å². The van der Waals surface area contributed by atoms with Crippen molar-refractivity contribution in [3.63, 3.8) is 0 Å². The second-order valence-electron chi connectivity index (χ2n) is 4.00. The summed E-state index contributed by atoms with van der Waals surface area (Å²) in [5, 5.41) is 8.65. The summed E-state index contributed by atoms with van der Waals surface area (Å²) in [4.78, 5) is 4.06. The molecule has 0 radical (unpaired) electrons. The first-order valence-electron chi connectivity index (χ1n) is 6.62. The zero-order chi connectivity index (χ0) is 13.8. The molecule has 0 spiro atoms. The molecule has 0 aliphatic carbocycles. The Kier molecular flexibility index (Phi) is 8.45. The van der Waals surface area contributed by atoms with E-state index in [9.17, 15) is 0 Å². The molecule has 0 unspecified atom stereocenters. The molecule has 0 aliphatic heterocycles. The lowest BCUT2D eigenvalue weighted by molar-refractivity contribution is 0.0979. The molecule has 0 saturated carbocycles. The van der Waals surface area contributed by atoms with Gasteiger partial charge in [0.15, 0.2) is 0 Å². The number of aliphatic hydroxyl groups excluding tert-OH is 1. The molecule has 1 aromatic heterocycles. The van der Waals surface area contributed by atoms with Crippen molar-refractivity contribution in [3.8, 4) is 17.6 Å². The molecule has 1 rings (SSSR count). The summed E-state index contributed by atoms with van der Waals surface area (Å²) in [6.07, 6.45) is 6.02. The second kappa shape index (κ2) is 10.4. The van der Waals surface area contributed by atoms with E-state index in [-0.39, 0.29) is 6.61 Å². The number of rotatable bonds is 8. The van der Waals surface area contributed by atoms with Crippen LogP contribution in [0.2, 0.25) is 0 Å². The molecule has 0 aliphatic rings. The van der Waals surface area contributed by atoms with E-state index < -0.39 is 0 Å². The van der Waals surface area contributed by atoms with E-state index in [4.69, 9.17) is 14.6 Å². The summed E-state index contributed by atoms with van der Waals surface area (Å²) >= 11 is 0. The maximum atomic E-state index is 8.65. The standard InChI is InChI=1S/C15H21NO3/c1-2-3-8-18-9-10-19-15-11-14(12-16-13-15)6-4-5-7-17/h11-13,17H,2-3,5,7-10H2,1H3. The van der Waals surface area contributed by atoms with Gasteiger partial charge in [-0.15, -0.1) is 0 Å². The van der Waals surface area contributed by atoms with E-state index in [1.54, 1.807) is 12.4 Å². The maximum absolute atomic E-state index is 8.65. The predicted molar refractivity (Wildman–Crippen MR) is 74.0 cm³/mol. The molecule has 0 saturated heterocycles. The highest BCUT2D eigenvalue weighted by atomic mass is 16.5. The van der Waals surface area contributed by atoms with E-state index in [1.165, 1.54) is 0 Å². The molecular weight excluding hydrogens is 242 g/mol. The fourth-order valence-electron chi connectivity index (χ4n) is 1.35. The molecule has 1 N–H and O–H groups in total. The van der Waals surface area contributed by atoms with Crippen LogP contribution >= 0.6 is 0 Å². The summed E-state index contributed by atoms with van der Waals surface area (Å²) < 4.78 is 10.9. The van der Waals surface area contributed by atoms with Gasteiger partial charge in [-0.1, -0.05) is 25.2 Å². The summed E-state index contributed by atoms with van der Waals surface area (Å²) in [7, 11) is 0. The van der Waals surface area contributed by atoms with E-state index in [0.29, 0.717) is 25.4 Å². The molecule has 0 bridgehead atoms. The van der Waals surface area contributed by atoms with Gasteiger partial charge in [0.2, 0.25) is 0 Å². The molecule has 0 atom stereocenters. The van der Waals surface area contributed by atoms with Crippen LogP contribution in [0.5, 0.6) is 5.75 Å². The lowest BCUT2D eigenvalue weighted by Crippen LogP contribution is -2.07. The molecule has 104 valence electrons. The summed E-state index contributed by atoms with van der Waals surface area (Å²) in [6.45, 7) is 4.09. The van der Waals surface area contributed by atoms with Gasteiger partial charge in [0, 0.05) is 24.8 Å². The zero-order valence-corrected chi connectivity index (χ0v) is 11.4. The van der Waals surface area contributed by atoms with Crippen molar-refractivity contribution in [3.05, 3.63) is 24.0 Å². The van der Waals surface area contributed by atoms with Gasteiger partial charge < -0.3 is 14.6 Å². The average molecular weight is 263 g/mol. The minimum absolute atomic E-state index is 0.0751. The lowest BCUT2D eigenvalue weighted by atomic mass is 10.2. The molecular formula is C15H21NO3. The van der Waals surface area contributed by atoms with Crippen molar-refractivity contribution in [1.29, 1.82) is 0 Å². The van der Waals surface area contributed by atoms with Crippen LogP contribution in [-0.2, 0) is 4.74 Å². The summed E-state index contributed by atoms with van der Waals surface area (Å²) in [5.41, 5.74) is 0.790. The summed E-state index contributed by atoms with van der Waals surface area (Å²) in [6, 6.07) is 1.84. The Balaban J connectivity index is 2.30. The number of ether oxygens (including phenoxy) is 2. The quantitative estimate of drug-likeness (QED) is 0.576. The number of aromatic nitrogens is 1. The SMILES string of the molecule is CCCCOCCOc1cncc(C#CCCO)c1. The molecule has 19 heavy (non-hydrogen) atoms. The highest BCUT2D eigenvalue weighted by molar-refractivity contribution is 5.36. The van der Waals surface area contributed by atoms with Gasteiger partial charge >= 0.3 is 0 Å². The highest BCUT2D eigenvalue weighted by Crippen LogP contribution is 2.10. The van der Waals surface area contributed by atoms with Gasteiger partial charge in [-0.25, -0.2) is 0 Å². The summed E-state index contributed by atoms with van der Waals surface area (Å²) in [5.74, 6) is 6.46. The van der Waals surface area contributed by atoms with Crippen molar-refractivity contribution >= 4 is 0 Å². The fraction of sp³-hybridized carbons (Fsp3) is 0.533. The van der Waals surface area contributed by atoms with Gasteiger partial charge in [0.05, 0.1) is 19.4 Å². The lowest BCUT2D eigenvalue weighted by Gasteiger charge is -2.06. The van der Waals surface area contributed by atoms with Gasteiger partial charge in [-0.2, -0.15) is 0 Å². The van der Waals surface area contributed by atoms with E-state index in [1.807, 2.05) is 6.07 Å². The van der Waals surface area contributed by atoms with Crippen LogP contribution in [0.1, 0.15) is 31.7 Å². The molecule has 1 heterocycles. The Bertz CT molecular complexity index is 409. The molecule has 0 amide bonds. The Morgan fingerprint density at radius 2 is 2.16 bits per heavy atom. The monoisotopic (exact) mass is 263 g/mol. The van der Waals surface area contributed by atoms with Crippen molar-refractivity contribution in [2.24, 2.45) is 0 Å². The Morgan fingerprint density at radius 1 is 1.26 bits per heavy atom. The second-order valence-corrected chi connectivity index (χ2v) is 4.00. The smallest absolute Gasteiger partial charge is 0.138 e. The number of hydrogen-bond acceptors (Lipinski definition) is 4. The molecule has 1 aromatic rings. The third kappa shape index (κ3) is 7.45. The van der Waals surface area contributed by atoms with E-state index in [2.05, 4.69) is 23.7 Å². The first-order valence-corrected chi connectivity index (χ1v) is 6.62.